The first-order valence-corrected chi connectivity index (χ1v) is 10.9. The lowest BCUT2D eigenvalue weighted by Gasteiger charge is -2.42. The molecule has 2 aromatic carbocycles. The van der Waals surface area contributed by atoms with Crippen molar-refractivity contribution in [1.29, 1.82) is 0 Å². The summed E-state index contributed by atoms with van der Waals surface area (Å²) < 4.78 is 10.8. The highest BCUT2D eigenvalue weighted by molar-refractivity contribution is 6.07. The van der Waals surface area contributed by atoms with Crippen LogP contribution in [0.25, 0.3) is 6.08 Å². The quantitative estimate of drug-likeness (QED) is 0.635. The van der Waals surface area contributed by atoms with Gasteiger partial charge in [0, 0.05) is 48.2 Å². The van der Waals surface area contributed by atoms with Crippen LogP contribution in [0, 0.1) is 11.3 Å². The molecule has 2 aliphatic rings. The van der Waals surface area contributed by atoms with Gasteiger partial charge in [-0.1, -0.05) is 56.3 Å². The predicted octanol–water partition coefficient (Wildman–Crippen LogP) is 5.41. The zero-order valence-corrected chi connectivity index (χ0v) is 19.1. The van der Waals surface area contributed by atoms with E-state index >= 15 is 0 Å². The molecule has 1 aliphatic carbocycles. The third-order valence-electron chi connectivity index (χ3n) is 6.10. The number of anilines is 1. The standard InChI is InChI=1S/C27H29NO4/c1-27(2)16-23-26(24(29)17-27)19(11-10-18-8-6-5-7-9-18)12-25(30)28(23)20-13-21(31-3)15-22(14-20)32-4/h5-11,13-15,19H,12,16-17H2,1-4H3/b11-10+. The van der Waals surface area contributed by atoms with E-state index in [-0.39, 0.29) is 29.4 Å². The van der Waals surface area contributed by atoms with Gasteiger partial charge in [-0.3, -0.25) is 14.5 Å². The number of carbonyl (C=O) groups excluding carboxylic acids is 2. The minimum Gasteiger partial charge on any atom is -0.497 e. The number of allylic oxidation sites excluding steroid dienone is 3. The smallest absolute Gasteiger partial charge is 0.232 e. The number of rotatable bonds is 5. The summed E-state index contributed by atoms with van der Waals surface area (Å²) in [4.78, 5) is 28.5. The minimum absolute atomic E-state index is 0.0349. The maximum atomic E-state index is 13.5. The van der Waals surface area contributed by atoms with E-state index in [1.54, 1.807) is 25.2 Å². The van der Waals surface area contributed by atoms with Gasteiger partial charge in [-0.25, -0.2) is 0 Å². The molecule has 4 rings (SSSR count). The summed E-state index contributed by atoms with van der Waals surface area (Å²) in [6, 6.07) is 15.3. The zero-order valence-electron chi connectivity index (χ0n) is 19.1. The second-order valence-electron chi connectivity index (χ2n) is 9.18. The molecular weight excluding hydrogens is 402 g/mol. The highest BCUT2D eigenvalue weighted by Crippen LogP contribution is 2.46. The molecule has 0 aromatic heterocycles. The van der Waals surface area contributed by atoms with Crippen molar-refractivity contribution in [2.24, 2.45) is 11.3 Å². The summed E-state index contributed by atoms with van der Waals surface area (Å²) in [6.45, 7) is 4.15. The van der Waals surface area contributed by atoms with Gasteiger partial charge >= 0.3 is 0 Å². The molecule has 0 saturated heterocycles. The van der Waals surface area contributed by atoms with Crippen LogP contribution in [0.2, 0.25) is 0 Å². The van der Waals surface area contributed by atoms with E-state index in [0.29, 0.717) is 30.0 Å². The third-order valence-corrected chi connectivity index (χ3v) is 6.10. The fourth-order valence-corrected chi connectivity index (χ4v) is 4.63. The van der Waals surface area contributed by atoms with Crippen LogP contribution in [0.5, 0.6) is 11.5 Å². The first kappa shape index (κ1) is 21.9. The summed E-state index contributed by atoms with van der Waals surface area (Å²) in [5.41, 5.74) is 3.03. The molecule has 32 heavy (non-hydrogen) atoms. The Balaban J connectivity index is 1.82. The second kappa shape index (κ2) is 8.65. The molecule has 0 bridgehead atoms. The Bertz CT molecular complexity index is 1080. The molecule has 1 aliphatic heterocycles. The summed E-state index contributed by atoms with van der Waals surface area (Å²) >= 11 is 0. The molecule has 2 aromatic rings. The number of methoxy groups -OCH3 is 2. The first-order valence-electron chi connectivity index (χ1n) is 10.9. The number of nitrogens with zero attached hydrogens (tertiary/aromatic N) is 1. The normalized spacial score (nSPS) is 20.5. The molecule has 5 heteroatoms. The van der Waals surface area contributed by atoms with E-state index in [1.807, 2.05) is 54.6 Å². The Hall–Kier alpha value is -3.34. The first-order chi connectivity index (χ1) is 15.3. The van der Waals surface area contributed by atoms with E-state index in [0.717, 1.165) is 16.8 Å². The Kier molecular flexibility index (Phi) is 5.92. The van der Waals surface area contributed by atoms with Gasteiger partial charge in [-0.15, -0.1) is 0 Å². The van der Waals surface area contributed by atoms with Crippen molar-refractivity contribution >= 4 is 23.5 Å². The van der Waals surface area contributed by atoms with E-state index in [2.05, 4.69) is 13.8 Å². The molecule has 0 radical (unpaired) electrons. The monoisotopic (exact) mass is 431 g/mol. The highest BCUT2D eigenvalue weighted by Gasteiger charge is 2.43. The Morgan fingerprint density at radius 3 is 2.25 bits per heavy atom. The zero-order chi connectivity index (χ0) is 22.9. The third kappa shape index (κ3) is 4.33. The van der Waals surface area contributed by atoms with E-state index in [4.69, 9.17) is 9.47 Å². The molecule has 1 unspecified atom stereocenters. The number of hydrogen-bond donors (Lipinski definition) is 0. The Morgan fingerprint density at radius 1 is 0.969 bits per heavy atom. The van der Waals surface area contributed by atoms with Crippen molar-refractivity contribution in [1.82, 2.24) is 0 Å². The lowest BCUT2D eigenvalue weighted by Crippen LogP contribution is -2.44. The van der Waals surface area contributed by atoms with Crippen molar-refractivity contribution in [2.75, 3.05) is 19.1 Å². The van der Waals surface area contributed by atoms with E-state index in [1.165, 1.54) is 0 Å². The van der Waals surface area contributed by atoms with Crippen LogP contribution in [0.15, 0.2) is 65.9 Å². The van der Waals surface area contributed by atoms with E-state index < -0.39 is 0 Å². The van der Waals surface area contributed by atoms with Gasteiger partial charge < -0.3 is 9.47 Å². The summed E-state index contributed by atoms with van der Waals surface area (Å²) in [7, 11) is 3.16. The van der Waals surface area contributed by atoms with Crippen LogP contribution in [-0.4, -0.2) is 25.9 Å². The van der Waals surface area contributed by atoms with Gasteiger partial charge in [0.2, 0.25) is 5.91 Å². The maximum absolute atomic E-state index is 13.5. The van der Waals surface area contributed by atoms with Crippen molar-refractivity contribution in [2.45, 2.75) is 33.1 Å². The predicted molar refractivity (Wildman–Crippen MR) is 126 cm³/mol. The number of ether oxygens (including phenoxy) is 2. The number of benzene rings is 2. The van der Waals surface area contributed by atoms with Gasteiger partial charge in [-0.2, -0.15) is 0 Å². The number of ketones is 1. The Labute approximate surface area is 189 Å². The average Bonchev–Trinajstić information content (AvgIpc) is 2.76. The molecular formula is C27H29NO4. The largest absolute Gasteiger partial charge is 0.497 e. The van der Waals surface area contributed by atoms with Crippen molar-refractivity contribution in [3.63, 3.8) is 0 Å². The maximum Gasteiger partial charge on any atom is 0.232 e. The Morgan fingerprint density at radius 2 is 1.62 bits per heavy atom. The molecule has 166 valence electrons. The fraction of sp³-hybridized carbons (Fsp3) is 0.333. The van der Waals surface area contributed by atoms with Crippen molar-refractivity contribution in [3.8, 4) is 11.5 Å². The average molecular weight is 432 g/mol. The second-order valence-corrected chi connectivity index (χ2v) is 9.18. The molecule has 0 spiro atoms. The number of carbonyl (C=O) groups is 2. The molecule has 0 N–H and O–H groups in total. The van der Waals surface area contributed by atoms with Gasteiger partial charge in [0.25, 0.3) is 0 Å². The summed E-state index contributed by atoms with van der Waals surface area (Å²) in [5, 5.41) is 0. The summed E-state index contributed by atoms with van der Waals surface area (Å²) in [6.07, 6.45) is 5.37. The molecule has 0 fully saturated rings. The topological polar surface area (TPSA) is 55.8 Å². The molecule has 0 saturated carbocycles. The highest BCUT2D eigenvalue weighted by atomic mass is 16.5. The lowest BCUT2D eigenvalue weighted by molar-refractivity contribution is -0.121. The van der Waals surface area contributed by atoms with Gasteiger partial charge in [0.15, 0.2) is 5.78 Å². The van der Waals surface area contributed by atoms with Crippen molar-refractivity contribution < 1.29 is 19.1 Å². The number of amides is 1. The molecule has 1 atom stereocenters. The van der Waals surface area contributed by atoms with Crippen molar-refractivity contribution in [3.05, 3.63) is 71.4 Å². The minimum atomic E-state index is -0.231. The van der Waals surface area contributed by atoms with Crippen LogP contribution < -0.4 is 14.4 Å². The van der Waals surface area contributed by atoms with Crippen LogP contribution in [0.3, 0.4) is 0 Å². The number of Topliss-reactive ketones (excluding diaryl/α,β-unsaturated/α-hetero) is 1. The summed E-state index contributed by atoms with van der Waals surface area (Å²) in [5.74, 6) is 1.05. The van der Waals surface area contributed by atoms with Crippen LogP contribution in [0.1, 0.15) is 38.7 Å². The van der Waals surface area contributed by atoms with Crippen LogP contribution in [0.4, 0.5) is 5.69 Å². The molecule has 1 amide bonds. The lowest BCUT2D eigenvalue weighted by atomic mass is 9.70. The molecule has 5 nitrogen and oxygen atoms in total. The van der Waals surface area contributed by atoms with Crippen LogP contribution in [-0.2, 0) is 9.59 Å². The van der Waals surface area contributed by atoms with Crippen LogP contribution >= 0.6 is 0 Å². The van der Waals surface area contributed by atoms with Gasteiger partial charge in [-0.05, 0) is 17.4 Å². The fourth-order valence-electron chi connectivity index (χ4n) is 4.63. The molecule has 1 heterocycles. The van der Waals surface area contributed by atoms with Gasteiger partial charge in [0.1, 0.15) is 11.5 Å². The SMILES string of the molecule is COc1cc(OC)cc(N2C(=O)CC(/C=C/c3ccccc3)C3=C2CC(C)(C)CC3=O)c1. The number of hydrogen-bond acceptors (Lipinski definition) is 4. The van der Waals surface area contributed by atoms with E-state index in [9.17, 15) is 9.59 Å². The van der Waals surface area contributed by atoms with Gasteiger partial charge in [0.05, 0.1) is 19.9 Å².